The van der Waals surface area contributed by atoms with Crippen LogP contribution < -0.4 is 4.74 Å². The van der Waals surface area contributed by atoms with Crippen LogP contribution in [0.3, 0.4) is 0 Å². The topological polar surface area (TPSA) is 113 Å². The van der Waals surface area contributed by atoms with Gasteiger partial charge in [0.05, 0.1) is 23.1 Å². The number of imidazole rings is 1. The van der Waals surface area contributed by atoms with Crippen molar-refractivity contribution < 1.29 is 32.5 Å². The number of nitrogens with zero attached hydrogens (tertiary/aromatic N) is 4. The molecule has 0 radical (unpaired) electrons. The number of nitrogens with one attached hydrogen (secondary N) is 1. The molecule has 2 aliphatic heterocycles. The van der Waals surface area contributed by atoms with E-state index in [-0.39, 0.29) is 36.1 Å². The van der Waals surface area contributed by atoms with E-state index in [1.54, 1.807) is 30.5 Å². The van der Waals surface area contributed by atoms with Crippen molar-refractivity contribution in [3.05, 3.63) is 82.8 Å². The standard InChI is InChI=1S/C28H28F3N5O3.C3H6O.C2H6/c1-2-18-13-19(8-10-36(18)15-26-33-23-5-3-17(28(37)38)12-24(23)34-26)39-27-7-9-32-25(35-27)6-4-16-11-21(30)22(31)14-20(16)29;1-2-4-3-1;1-2/h3,5,7,9,11-12,14,18-19H,2,4,6,8,10,13,15H2,1H3,(H,33,34)(H,37,38);1-3H2;1-2H3. The van der Waals surface area contributed by atoms with Crippen LogP contribution in [0.15, 0.2) is 42.6 Å². The molecule has 4 heterocycles. The predicted octanol–water partition coefficient (Wildman–Crippen LogP) is 6.51. The molecule has 2 atom stereocenters. The van der Waals surface area contributed by atoms with Crippen molar-refractivity contribution in [2.45, 2.75) is 78.0 Å². The van der Waals surface area contributed by atoms with Gasteiger partial charge in [0.15, 0.2) is 11.6 Å². The number of hydrogen-bond donors (Lipinski definition) is 2. The molecule has 2 aromatic heterocycles. The molecule has 242 valence electrons. The van der Waals surface area contributed by atoms with Crippen LogP contribution in [-0.4, -0.2) is 67.8 Å². The van der Waals surface area contributed by atoms with Gasteiger partial charge in [-0.1, -0.05) is 20.8 Å². The number of likely N-dealkylation sites (tertiary alicyclic amines) is 1. The van der Waals surface area contributed by atoms with Crippen LogP contribution in [0, 0.1) is 17.5 Å². The van der Waals surface area contributed by atoms with Crippen molar-refractivity contribution >= 4 is 17.0 Å². The molecule has 2 unspecified atom stereocenters. The van der Waals surface area contributed by atoms with Gasteiger partial charge in [0, 0.05) is 50.6 Å². The van der Waals surface area contributed by atoms with Gasteiger partial charge < -0.3 is 19.6 Å². The van der Waals surface area contributed by atoms with Crippen LogP contribution in [-0.2, 0) is 24.1 Å². The molecule has 4 aromatic rings. The highest BCUT2D eigenvalue weighted by Gasteiger charge is 2.29. The second-order valence-electron chi connectivity index (χ2n) is 10.7. The Labute approximate surface area is 260 Å². The third-order valence-electron chi connectivity index (χ3n) is 7.64. The summed E-state index contributed by atoms with van der Waals surface area (Å²) in [4.78, 5) is 30.1. The predicted molar refractivity (Wildman–Crippen MR) is 164 cm³/mol. The number of H-pyrrole nitrogens is 1. The molecule has 0 bridgehead atoms. The van der Waals surface area contributed by atoms with E-state index in [2.05, 4.69) is 31.8 Å². The molecule has 2 aromatic carbocycles. The van der Waals surface area contributed by atoms with Crippen LogP contribution in [0.4, 0.5) is 13.2 Å². The Bertz CT molecular complexity index is 1560. The molecular weight excluding hydrogens is 587 g/mol. The van der Waals surface area contributed by atoms with Crippen molar-refractivity contribution in [2.24, 2.45) is 0 Å². The molecule has 2 aliphatic rings. The van der Waals surface area contributed by atoms with E-state index in [1.165, 1.54) is 6.42 Å². The van der Waals surface area contributed by atoms with E-state index in [4.69, 9.17) is 9.47 Å². The molecule has 0 amide bonds. The monoisotopic (exact) mass is 627 g/mol. The van der Waals surface area contributed by atoms with E-state index in [0.717, 1.165) is 56.4 Å². The summed E-state index contributed by atoms with van der Waals surface area (Å²) >= 11 is 0. The minimum atomic E-state index is -1.22. The maximum atomic E-state index is 14.0. The maximum absolute atomic E-state index is 14.0. The molecule has 0 aliphatic carbocycles. The molecule has 12 heteroatoms. The van der Waals surface area contributed by atoms with Gasteiger partial charge in [-0.25, -0.2) is 27.9 Å². The molecule has 6 rings (SSSR count). The number of rotatable bonds is 9. The first-order chi connectivity index (χ1) is 21.8. The summed E-state index contributed by atoms with van der Waals surface area (Å²) in [5.74, 6) is -2.45. The number of aromatic nitrogens is 4. The number of benzene rings is 2. The van der Waals surface area contributed by atoms with E-state index >= 15 is 0 Å². The maximum Gasteiger partial charge on any atom is 0.335 e. The smallest absolute Gasteiger partial charge is 0.335 e. The first-order valence-corrected chi connectivity index (χ1v) is 15.4. The van der Waals surface area contributed by atoms with Crippen molar-refractivity contribution in [3.8, 4) is 5.88 Å². The zero-order chi connectivity index (χ0) is 32.3. The lowest BCUT2D eigenvalue weighted by atomic mass is 9.97. The Morgan fingerprint density at radius 1 is 1.07 bits per heavy atom. The van der Waals surface area contributed by atoms with E-state index in [9.17, 15) is 23.1 Å². The van der Waals surface area contributed by atoms with Crippen LogP contribution in [0.1, 0.15) is 74.0 Å². The zero-order valence-corrected chi connectivity index (χ0v) is 25.9. The number of carboxylic acids is 1. The molecule has 0 saturated carbocycles. The zero-order valence-electron chi connectivity index (χ0n) is 25.9. The number of carboxylic acid groups (broad SMARTS) is 1. The van der Waals surface area contributed by atoms with Crippen molar-refractivity contribution in [3.63, 3.8) is 0 Å². The lowest BCUT2D eigenvalue weighted by Gasteiger charge is -2.38. The Kier molecular flexibility index (Phi) is 12.3. The fourth-order valence-electron chi connectivity index (χ4n) is 5.15. The first-order valence-electron chi connectivity index (χ1n) is 15.4. The first kappa shape index (κ1) is 33.9. The largest absolute Gasteiger partial charge is 0.478 e. The van der Waals surface area contributed by atoms with Gasteiger partial charge in [-0.2, -0.15) is 4.98 Å². The second kappa shape index (κ2) is 16.3. The minimum Gasteiger partial charge on any atom is -0.478 e. The van der Waals surface area contributed by atoms with Gasteiger partial charge >= 0.3 is 5.97 Å². The highest BCUT2D eigenvalue weighted by Crippen LogP contribution is 2.26. The van der Waals surface area contributed by atoms with E-state index in [1.807, 2.05) is 13.8 Å². The average molecular weight is 628 g/mol. The quantitative estimate of drug-likeness (QED) is 0.202. The molecule has 2 fully saturated rings. The van der Waals surface area contributed by atoms with Crippen molar-refractivity contribution in [1.29, 1.82) is 0 Å². The van der Waals surface area contributed by atoms with Crippen LogP contribution in [0.2, 0.25) is 0 Å². The van der Waals surface area contributed by atoms with E-state index < -0.39 is 23.4 Å². The summed E-state index contributed by atoms with van der Waals surface area (Å²) in [7, 11) is 0. The molecule has 0 spiro atoms. The normalized spacial score (nSPS) is 17.8. The molecule has 9 nitrogen and oxygen atoms in total. The van der Waals surface area contributed by atoms with Crippen molar-refractivity contribution in [1.82, 2.24) is 24.8 Å². The lowest BCUT2D eigenvalue weighted by Crippen LogP contribution is -2.45. The van der Waals surface area contributed by atoms with Crippen LogP contribution in [0.5, 0.6) is 5.88 Å². The number of carbonyl (C=O) groups is 1. The summed E-state index contributed by atoms with van der Waals surface area (Å²) in [5, 5.41) is 9.23. The number of aromatic amines is 1. The fourth-order valence-corrected chi connectivity index (χ4v) is 5.15. The van der Waals surface area contributed by atoms with E-state index in [0.29, 0.717) is 29.8 Å². The SMILES string of the molecule is C1COC1.CC.CCC1CC(Oc2ccnc(CCc3cc(F)c(F)cc3F)n2)CCN1Cc1nc2ccc(C(=O)O)cc2[nH]1. The minimum absolute atomic E-state index is 0.0496. The Hall–Kier alpha value is -4.03. The van der Waals surface area contributed by atoms with Gasteiger partial charge in [-0.3, -0.25) is 4.90 Å². The second-order valence-corrected chi connectivity index (χ2v) is 10.7. The number of fused-ring (bicyclic) bond motifs is 1. The molecule has 2 saturated heterocycles. The Balaban J connectivity index is 0.000000700. The third kappa shape index (κ3) is 9.24. The summed E-state index contributed by atoms with van der Waals surface area (Å²) < 4.78 is 51.5. The summed E-state index contributed by atoms with van der Waals surface area (Å²) in [5.41, 5.74) is 1.71. The fraction of sp³-hybridized carbons (Fsp3) is 0.455. The van der Waals surface area contributed by atoms with Gasteiger partial charge in [0.1, 0.15) is 23.6 Å². The molecular formula is C33H40F3N5O4. The number of halogens is 3. The average Bonchev–Trinajstić information content (AvgIpc) is 3.41. The van der Waals surface area contributed by atoms with Gasteiger partial charge in [0.25, 0.3) is 0 Å². The number of ether oxygens (including phenoxy) is 2. The highest BCUT2D eigenvalue weighted by molar-refractivity contribution is 5.92. The van der Waals surface area contributed by atoms with Crippen molar-refractivity contribution in [2.75, 3.05) is 19.8 Å². The highest BCUT2D eigenvalue weighted by atomic mass is 19.2. The van der Waals surface area contributed by atoms with Gasteiger partial charge in [0.2, 0.25) is 5.88 Å². The number of piperidine rings is 1. The lowest BCUT2D eigenvalue weighted by molar-refractivity contribution is 0.0367. The summed E-state index contributed by atoms with van der Waals surface area (Å²) in [6.07, 6.45) is 5.66. The van der Waals surface area contributed by atoms with Gasteiger partial charge in [-0.05, 0) is 61.9 Å². The van der Waals surface area contributed by atoms with Crippen LogP contribution in [0.25, 0.3) is 11.0 Å². The molecule has 45 heavy (non-hydrogen) atoms. The Morgan fingerprint density at radius 2 is 1.80 bits per heavy atom. The van der Waals surface area contributed by atoms with Crippen LogP contribution >= 0.6 is 0 Å². The molecule has 2 N–H and O–H groups in total. The Morgan fingerprint density at radius 3 is 2.49 bits per heavy atom. The summed E-state index contributed by atoms with van der Waals surface area (Å²) in [6.45, 7) is 9.52. The number of aromatic carboxylic acids is 1. The third-order valence-corrected chi connectivity index (χ3v) is 7.64. The van der Waals surface area contributed by atoms with Gasteiger partial charge in [-0.15, -0.1) is 0 Å². The number of aryl methyl sites for hydroxylation is 2. The summed E-state index contributed by atoms with van der Waals surface area (Å²) in [6, 6.07) is 8.19. The number of hydrogen-bond acceptors (Lipinski definition) is 7.